The molecule has 1 amide bonds. The zero-order valence-corrected chi connectivity index (χ0v) is 19.4. The molecular formula is C21H31IN6O. The number of nitrogens with zero attached hydrogens (tertiary/aromatic N) is 3. The molecule has 0 unspecified atom stereocenters. The van der Waals surface area contributed by atoms with E-state index >= 15 is 0 Å². The molecule has 1 aromatic heterocycles. The van der Waals surface area contributed by atoms with E-state index in [1.165, 1.54) is 5.69 Å². The van der Waals surface area contributed by atoms with Gasteiger partial charge in [-0.1, -0.05) is 18.2 Å². The van der Waals surface area contributed by atoms with Crippen molar-refractivity contribution in [3.8, 4) is 0 Å². The monoisotopic (exact) mass is 510 g/mol. The molecule has 8 heteroatoms. The Morgan fingerprint density at radius 2 is 1.76 bits per heavy atom. The maximum Gasteiger partial charge on any atom is 0.252 e. The number of guanidine groups is 1. The molecule has 0 saturated carbocycles. The van der Waals surface area contributed by atoms with Crippen molar-refractivity contribution in [1.29, 1.82) is 0 Å². The van der Waals surface area contributed by atoms with Gasteiger partial charge in [-0.25, -0.2) is 0 Å². The topological polar surface area (TPSA) is 81.6 Å². The molecule has 0 aliphatic rings. The standard InChI is InChI=1S/C21H30N6O.HI/c1-3-27(19-10-5-4-6-11-19)16-8-13-25-21(22-2)26-15-14-24-20(28)18-9-7-12-23-17-18;/h4-7,9-12,17H,3,8,13-16H2,1-2H3,(H,24,28)(H2,22,25,26);1H. The third-order valence-electron chi connectivity index (χ3n) is 4.25. The van der Waals surface area contributed by atoms with Crippen molar-refractivity contribution >= 4 is 41.5 Å². The summed E-state index contributed by atoms with van der Waals surface area (Å²) in [5.74, 6) is 0.608. The van der Waals surface area contributed by atoms with Crippen LogP contribution in [0.25, 0.3) is 0 Å². The van der Waals surface area contributed by atoms with E-state index in [1.54, 1.807) is 31.6 Å². The molecular weight excluding hydrogens is 479 g/mol. The van der Waals surface area contributed by atoms with Crippen LogP contribution in [-0.2, 0) is 0 Å². The fourth-order valence-corrected chi connectivity index (χ4v) is 2.76. The third kappa shape index (κ3) is 9.12. The van der Waals surface area contributed by atoms with Crippen molar-refractivity contribution in [2.24, 2.45) is 4.99 Å². The summed E-state index contributed by atoms with van der Waals surface area (Å²) < 4.78 is 0. The molecule has 7 nitrogen and oxygen atoms in total. The molecule has 0 fully saturated rings. The Morgan fingerprint density at radius 1 is 1.03 bits per heavy atom. The van der Waals surface area contributed by atoms with Gasteiger partial charge in [0.2, 0.25) is 0 Å². The van der Waals surface area contributed by atoms with Gasteiger partial charge >= 0.3 is 0 Å². The largest absolute Gasteiger partial charge is 0.372 e. The van der Waals surface area contributed by atoms with Gasteiger partial charge in [0.1, 0.15) is 0 Å². The van der Waals surface area contributed by atoms with Gasteiger partial charge in [0, 0.05) is 57.9 Å². The Labute approximate surface area is 190 Å². The number of nitrogens with one attached hydrogen (secondary N) is 3. The first-order valence-corrected chi connectivity index (χ1v) is 9.67. The Hall–Kier alpha value is -2.36. The van der Waals surface area contributed by atoms with Gasteiger partial charge in [-0.15, -0.1) is 24.0 Å². The molecule has 2 rings (SSSR count). The van der Waals surface area contributed by atoms with Gasteiger partial charge in [-0.05, 0) is 37.6 Å². The summed E-state index contributed by atoms with van der Waals surface area (Å²) in [5, 5.41) is 9.37. The zero-order chi connectivity index (χ0) is 20.0. The van der Waals surface area contributed by atoms with Crippen molar-refractivity contribution in [2.45, 2.75) is 13.3 Å². The molecule has 0 saturated heterocycles. The van der Waals surface area contributed by atoms with Gasteiger partial charge in [0.15, 0.2) is 5.96 Å². The van der Waals surface area contributed by atoms with Crippen molar-refractivity contribution < 1.29 is 4.79 Å². The maximum atomic E-state index is 11.9. The summed E-state index contributed by atoms with van der Waals surface area (Å²) >= 11 is 0. The number of anilines is 1. The fourth-order valence-electron chi connectivity index (χ4n) is 2.76. The second-order valence-electron chi connectivity index (χ2n) is 6.19. The number of hydrogen-bond donors (Lipinski definition) is 3. The minimum Gasteiger partial charge on any atom is -0.372 e. The van der Waals surface area contributed by atoms with Crippen LogP contribution < -0.4 is 20.9 Å². The summed E-state index contributed by atoms with van der Waals surface area (Å²) in [4.78, 5) is 22.5. The summed E-state index contributed by atoms with van der Waals surface area (Å²) in [6.45, 7) is 6.05. The summed E-state index contributed by atoms with van der Waals surface area (Å²) in [5.41, 5.74) is 1.81. The number of carbonyl (C=O) groups is 1. The van der Waals surface area contributed by atoms with Crippen LogP contribution in [0.1, 0.15) is 23.7 Å². The van der Waals surface area contributed by atoms with Gasteiger partial charge in [0.25, 0.3) is 5.91 Å². The quantitative estimate of drug-likeness (QED) is 0.198. The number of aromatic nitrogens is 1. The molecule has 29 heavy (non-hydrogen) atoms. The number of aliphatic imine (C=N–C) groups is 1. The van der Waals surface area contributed by atoms with E-state index in [-0.39, 0.29) is 29.9 Å². The normalized spacial score (nSPS) is 10.6. The zero-order valence-electron chi connectivity index (χ0n) is 17.1. The van der Waals surface area contributed by atoms with Crippen LogP contribution in [-0.4, -0.2) is 56.6 Å². The minimum atomic E-state index is -0.126. The molecule has 1 aromatic carbocycles. The van der Waals surface area contributed by atoms with Crippen LogP contribution in [0, 0.1) is 0 Å². The van der Waals surface area contributed by atoms with Crippen LogP contribution in [0.4, 0.5) is 5.69 Å². The number of pyridine rings is 1. The number of carbonyl (C=O) groups excluding carboxylic acids is 1. The Kier molecular flexibility index (Phi) is 12.4. The van der Waals surface area contributed by atoms with Gasteiger partial charge in [0.05, 0.1) is 5.56 Å². The lowest BCUT2D eigenvalue weighted by Gasteiger charge is -2.23. The molecule has 0 atom stereocenters. The van der Waals surface area contributed by atoms with Crippen LogP contribution in [0.5, 0.6) is 0 Å². The number of para-hydroxylation sites is 1. The highest BCUT2D eigenvalue weighted by Gasteiger charge is 2.05. The van der Waals surface area contributed by atoms with E-state index in [4.69, 9.17) is 0 Å². The number of rotatable bonds is 10. The summed E-state index contributed by atoms with van der Waals surface area (Å²) in [6.07, 6.45) is 4.20. The first-order chi connectivity index (χ1) is 13.7. The van der Waals surface area contributed by atoms with Crippen LogP contribution in [0.15, 0.2) is 59.9 Å². The predicted molar refractivity (Wildman–Crippen MR) is 130 cm³/mol. The van der Waals surface area contributed by atoms with E-state index in [9.17, 15) is 4.79 Å². The third-order valence-corrected chi connectivity index (χ3v) is 4.25. The Balaban J connectivity index is 0.00000420. The summed E-state index contributed by atoms with van der Waals surface area (Å²) in [7, 11) is 1.74. The van der Waals surface area contributed by atoms with Crippen LogP contribution >= 0.6 is 24.0 Å². The van der Waals surface area contributed by atoms with Crippen LogP contribution in [0.2, 0.25) is 0 Å². The molecule has 0 aliphatic heterocycles. The van der Waals surface area contributed by atoms with Crippen molar-refractivity contribution in [1.82, 2.24) is 20.9 Å². The van der Waals surface area contributed by atoms with Crippen LogP contribution in [0.3, 0.4) is 0 Å². The minimum absolute atomic E-state index is 0. The second-order valence-corrected chi connectivity index (χ2v) is 6.19. The van der Waals surface area contributed by atoms with Gasteiger partial charge in [-0.3, -0.25) is 14.8 Å². The maximum absolute atomic E-state index is 11.9. The van der Waals surface area contributed by atoms with E-state index < -0.39 is 0 Å². The second kappa shape index (κ2) is 14.6. The van der Waals surface area contributed by atoms with Gasteiger partial charge < -0.3 is 20.9 Å². The number of halogens is 1. The van der Waals surface area contributed by atoms with Crippen molar-refractivity contribution in [2.75, 3.05) is 44.7 Å². The molecule has 158 valence electrons. The lowest BCUT2D eigenvalue weighted by Crippen LogP contribution is -2.42. The Morgan fingerprint density at radius 3 is 2.41 bits per heavy atom. The Bertz CT molecular complexity index is 726. The SMILES string of the molecule is CCN(CCCNC(=NC)NCCNC(=O)c1cccnc1)c1ccccc1.I. The highest BCUT2D eigenvalue weighted by Crippen LogP contribution is 2.12. The highest BCUT2D eigenvalue weighted by atomic mass is 127. The molecule has 0 bridgehead atoms. The summed E-state index contributed by atoms with van der Waals surface area (Å²) in [6, 6.07) is 13.9. The average molecular weight is 510 g/mol. The molecule has 1 heterocycles. The smallest absolute Gasteiger partial charge is 0.252 e. The van der Waals surface area contributed by atoms with E-state index in [1.807, 2.05) is 6.07 Å². The number of benzene rings is 1. The molecule has 0 aliphatic carbocycles. The molecule has 0 radical (unpaired) electrons. The lowest BCUT2D eigenvalue weighted by atomic mass is 10.2. The number of hydrogen-bond acceptors (Lipinski definition) is 4. The van der Waals surface area contributed by atoms with E-state index in [0.29, 0.717) is 18.7 Å². The molecule has 0 spiro atoms. The number of amides is 1. The van der Waals surface area contributed by atoms with Gasteiger partial charge in [-0.2, -0.15) is 0 Å². The highest BCUT2D eigenvalue weighted by molar-refractivity contribution is 14.0. The van der Waals surface area contributed by atoms with Crippen molar-refractivity contribution in [3.05, 3.63) is 60.4 Å². The molecule has 2 aromatic rings. The predicted octanol–water partition coefficient (Wildman–Crippen LogP) is 2.51. The fraction of sp³-hybridized carbons (Fsp3) is 0.381. The average Bonchev–Trinajstić information content (AvgIpc) is 2.76. The first kappa shape index (κ1) is 24.7. The first-order valence-electron chi connectivity index (χ1n) is 9.67. The van der Waals surface area contributed by atoms with E-state index in [2.05, 4.69) is 62.0 Å². The van der Waals surface area contributed by atoms with Crippen molar-refractivity contribution in [3.63, 3.8) is 0 Å². The molecule has 3 N–H and O–H groups in total. The van der Waals surface area contributed by atoms with E-state index in [0.717, 1.165) is 32.0 Å². The lowest BCUT2D eigenvalue weighted by molar-refractivity contribution is 0.0954.